The Labute approximate surface area is 244 Å². The van der Waals surface area contributed by atoms with Crippen molar-refractivity contribution in [1.29, 1.82) is 0 Å². The van der Waals surface area contributed by atoms with Crippen LogP contribution in [-0.2, 0) is 10.4 Å². The Hall–Kier alpha value is -3.24. The van der Waals surface area contributed by atoms with Crippen molar-refractivity contribution in [2.45, 2.75) is 56.3 Å². The molecule has 5 rings (SSSR count). The fraction of sp³-hybridized carbons (Fsp3) is 0.452. The number of carbonyl (C=O) groups excluding carboxylic acids is 1. The Morgan fingerprint density at radius 3 is 2.73 bits per heavy atom. The number of benzene rings is 2. The van der Waals surface area contributed by atoms with E-state index in [1.54, 1.807) is 17.2 Å². The number of fused-ring (bicyclic) bond motifs is 1. The van der Waals surface area contributed by atoms with Crippen molar-refractivity contribution in [1.82, 2.24) is 15.2 Å². The number of halogens is 1. The van der Waals surface area contributed by atoms with Crippen LogP contribution >= 0.6 is 11.6 Å². The van der Waals surface area contributed by atoms with Crippen LogP contribution in [-0.4, -0.2) is 69.0 Å². The molecule has 1 aromatic heterocycles. The third kappa shape index (κ3) is 6.18. The lowest BCUT2D eigenvalue weighted by molar-refractivity contribution is -0.141. The molecule has 2 fully saturated rings. The number of aliphatic hydroxyl groups excluding tert-OH is 1. The van der Waals surface area contributed by atoms with Gasteiger partial charge in [-0.3, -0.25) is 9.78 Å². The van der Waals surface area contributed by atoms with Crippen molar-refractivity contribution < 1.29 is 24.9 Å². The molecule has 0 unspecified atom stereocenters. The number of likely N-dealkylation sites (tertiary alicyclic amines) is 1. The van der Waals surface area contributed by atoms with Crippen LogP contribution in [0.15, 0.2) is 54.7 Å². The Morgan fingerprint density at radius 1 is 1.17 bits per heavy atom. The summed E-state index contributed by atoms with van der Waals surface area (Å²) in [6, 6.07) is 14.8. The summed E-state index contributed by atoms with van der Waals surface area (Å²) in [5.74, 6) is -0.700. The van der Waals surface area contributed by atoms with Gasteiger partial charge in [0.2, 0.25) is 5.91 Å². The van der Waals surface area contributed by atoms with Gasteiger partial charge in [-0.25, -0.2) is 4.79 Å². The quantitative estimate of drug-likeness (QED) is 0.251. The van der Waals surface area contributed by atoms with Crippen molar-refractivity contribution in [3.63, 3.8) is 0 Å². The monoisotopic (exact) mass is 580 g/mol. The second-order valence-corrected chi connectivity index (χ2v) is 11.8. The van der Waals surface area contributed by atoms with E-state index in [1.807, 2.05) is 42.5 Å². The first-order valence-corrected chi connectivity index (χ1v) is 14.6. The van der Waals surface area contributed by atoms with Crippen molar-refractivity contribution >= 4 is 34.5 Å². The molecule has 6 N–H and O–H groups in total. The molecule has 218 valence electrons. The van der Waals surface area contributed by atoms with E-state index in [2.05, 4.69) is 10.3 Å². The zero-order valence-corrected chi connectivity index (χ0v) is 23.6. The van der Waals surface area contributed by atoms with Crippen LogP contribution < -0.4 is 11.1 Å². The van der Waals surface area contributed by atoms with E-state index in [-0.39, 0.29) is 30.7 Å². The number of pyridine rings is 1. The first-order valence-electron chi connectivity index (χ1n) is 14.2. The molecule has 9 nitrogen and oxygen atoms in total. The van der Waals surface area contributed by atoms with E-state index in [9.17, 15) is 19.8 Å². The molecule has 2 aromatic carbocycles. The fourth-order valence-electron chi connectivity index (χ4n) is 6.57. The van der Waals surface area contributed by atoms with Crippen LogP contribution in [0.5, 0.6) is 0 Å². The minimum atomic E-state index is -1.41. The van der Waals surface area contributed by atoms with Gasteiger partial charge in [0.25, 0.3) is 0 Å². The number of rotatable bonds is 8. The van der Waals surface area contributed by atoms with Crippen LogP contribution in [0.25, 0.3) is 22.0 Å². The van der Waals surface area contributed by atoms with Crippen LogP contribution in [0.1, 0.15) is 44.1 Å². The highest BCUT2D eigenvalue weighted by molar-refractivity contribution is 6.33. The normalized spacial score (nSPS) is 24.2. The van der Waals surface area contributed by atoms with E-state index < -0.39 is 23.8 Å². The third-order valence-corrected chi connectivity index (χ3v) is 9.02. The Morgan fingerprint density at radius 2 is 1.98 bits per heavy atom. The lowest BCUT2D eigenvalue weighted by atomic mass is 9.72. The summed E-state index contributed by atoms with van der Waals surface area (Å²) in [6.45, 7) is 1.09. The Bertz CT molecular complexity index is 1410. The standard InChI is InChI=1S/C31H37ClN4O5/c32-24-9-3-8-23(28(24)21-14-19-6-1-2-10-26(19)35-17-21)31(41,11-5-12-34-30(39)40)22-7-4-13-36(18-22)29(38)20-15-25(33)27(37)16-20/h1-3,6,8-10,14,17,20,22,25,27,34,37,41H,4-5,7,11-13,15-16,18,33H2,(H,39,40)/t20-,22+,25+,27-,31-/m0/s1. The van der Waals surface area contributed by atoms with E-state index in [1.165, 1.54) is 0 Å². The molecule has 10 heteroatoms. The van der Waals surface area contributed by atoms with Gasteiger partial charge in [-0.1, -0.05) is 41.9 Å². The molecule has 1 aliphatic heterocycles. The SMILES string of the molecule is N[C@@H]1C[C@H](C(=O)N2CCC[C@@H]([C@@](O)(CCCNC(=O)O)c3cccc(Cl)c3-c3cnc4ccccc4c3)C2)C[C@@H]1O. The van der Waals surface area contributed by atoms with Gasteiger partial charge < -0.3 is 31.3 Å². The number of aliphatic hydroxyl groups is 2. The minimum absolute atomic E-state index is 0.0401. The van der Waals surface area contributed by atoms with Gasteiger partial charge in [0.15, 0.2) is 0 Å². The molecule has 0 spiro atoms. The van der Waals surface area contributed by atoms with Crippen molar-refractivity contribution in [2.75, 3.05) is 19.6 Å². The smallest absolute Gasteiger partial charge is 0.404 e. The van der Waals surface area contributed by atoms with Gasteiger partial charge in [0.1, 0.15) is 0 Å². The van der Waals surface area contributed by atoms with E-state index in [0.29, 0.717) is 61.3 Å². The molecule has 0 bridgehead atoms. The van der Waals surface area contributed by atoms with Gasteiger partial charge in [0.05, 0.1) is 17.2 Å². The number of nitrogens with zero attached hydrogens (tertiary/aromatic N) is 2. The molecule has 2 amide bonds. The van der Waals surface area contributed by atoms with Gasteiger partial charge in [0, 0.05) is 65.2 Å². The number of piperidine rings is 1. The van der Waals surface area contributed by atoms with E-state index >= 15 is 0 Å². The third-order valence-electron chi connectivity index (χ3n) is 8.70. The maximum absolute atomic E-state index is 13.5. The van der Waals surface area contributed by atoms with Crippen LogP contribution in [0, 0.1) is 11.8 Å². The number of para-hydroxylation sites is 1. The van der Waals surface area contributed by atoms with Crippen molar-refractivity contribution in [2.24, 2.45) is 17.6 Å². The number of hydrogen-bond acceptors (Lipinski definition) is 6. The number of carboxylic acid groups (broad SMARTS) is 1. The molecule has 1 aliphatic carbocycles. The number of hydrogen-bond donors (Lipinski definition) is 5. The lowest BCUT2D eigenvalue weighted by Crippen LogP contribution is -2.49. The first-order chi connectivity index (χ1) is 19.7. The van der Waals surface area contributed by atoms with Crippen molar-refractivity contribution in [3.05, 3.63) is 65.3 Å². The summed E-state index contributed by atoms with van der Waals surface area (Å²) in [7, 11) is 0. The Kier molecular flexibility index (Phi) is 8.79. The first kappa shape index (κ1) is 29.3. The fourth-order valence-corrected chi connectivity index (χ4v) is 6.86. The highest BCUT2D eigenvalue weighted by Crippen LogP contribution is 2.46. The van der Waals surface area contributed by atoms with Gasteiger partial charge in [-0.05, 0) is 62.3 Å². The largest absolute Gasteiger partial charge is 0.465 e. The molecule has 1 saturated carbocycles. The Balaban J connectivity index is 1.51. The van der Waals surface area contributed by atoms with Crippen LogP contribution in [0.4, 0.5) is 4.79 Å². The molecule has 5 atom stereocenters. The molecular weight excluding hydrogens is 544 g/mol. The predicted octanol–water partition coefficient (Wildman–Crippen LogP) is 4.13. The molecule has 41 heavy (non-hydrogen) atoms. The maximum atomic E-state index is 13.5. The summed E-state index contributed by atoms with van der Waals surface area (Å²) in [5.41, 5.74) is 7.51. The zero-order valence-electron chi connectivity index (χ0n) is 22.9. The number of carbonyl (C=O) groups is 2. The van der Waals surface area contributed by atoms with Crippen molar-refractivity contribution in [3.8, 4) is 11.1 Å². The molecule has 0 radical (unpaired) electrons. The summed E-state index contributed by atoms with van der Waals surface area (Å²) >= 11 is 6.83. The average Bonchev–Trinajstić information content (AvgIpc) is 3.32. The van der Waals surface area contributed by atoms with Gasteiger partial charge in [-0.2, -0.15) is 0 Å². The molecule has 1 saturated heterocycles. The summed E-state index contributed by atoms with van der Waals surface area (Å²) in [6.07, 6.45) is 2.78. The topological polar surface area (TPSA) is 149 Å². The summed E-state index contributed by atoms with van der Waals surface area (Å²) < 4.78 is 0. The van der Waals surface area contributed by atoms with Crippen LogP contribution in [0.2, 0.25) is 5.02 Å². The van der Waals surface area contributed by atoms with Gasteiger partial charge >= 0.3 is 6.09 Å². The second kappa shape index (κ2) is 12.3. The predicted molar refractivity (Wildman–Crippen MR) is 157 cm³/mol. The summed E-state index contributed by atoms with van der Waals surface area (Å²) in [4.78, 5) is 31.0. The minimum Gasteiger partial charge on any atom is -0.465 e. The molecule has 3 aromatic rings. The molecular formula is C31H37ClN4O5. The van der Waals surface area contributed by atoms with Gasteiger partial charge in [-0.15, -0.1) is 0 Å². The number of amides is 2. The summed E-state index contributed by atoms with van der Waals surface area (Å²) in [5, 5.41) is 35.7. The van der Waals surface area contributed by atoms with E-state index in [0.717, 1.165) is 16.5 Å². The average molecular weight is 581 g/mol. The molecule has 2 aliphatic rings. The van der Waals surface area contributed by atoms with E-state index in [4.69, 9.17) is 22.4 Å². The maximum Gasteiger partial charge on any atom is 0.404 e. The molecule has 2 heterocycles. The number of nitrogens with one attached hydrogen (secondary N) is 1. The second-order valence-electron chi connectivity index (χ2n) is 11.4. The highest BCUT2D eigenvalue weighted by Gasteiger charge is 2.44. The number of aromatic nitrogens is 1. The highest BCUT2D eigenvalue weighted by atomic mass is 35.5. The lowest BCUT2D eigenvalue weighted by Gasteiger charge is -2.44. The zero-order chi connectivity index (χ0) is 29.1. The van der Waals surface area contributed by atoms with Crippen LogP contribution in [0.3, 0.4) is 0 Å². The number of nitrogens with two attached hydrogens (primary N) is 1.